The van der Waals surface area contributed by atoms with E-state index >= 15 is 0 Å². The second-order valence-corrected chi connectivity index (χ2v) is 5.16. The van der Waals surface area contributed by atoms with Gasteiger partial charge >= 0.3 is 5.97 Å². The topological polar surface area (TPSA) is 58.4 Å². The highest BCUT2D eigenvalue weighted by Gasteiger charge is 2.21. The van der Waals surface area contributed by atoms with Crippen LogP contribution in [0.4, 0.5) is 0 Å². The highest BCUT2D eigenvalue weighted by Crippen LogP contribution is 2.23. The Morgan fingerprint density at radius 3 is 2.95 bits per heavy atom. The Morgan fingerprint density at radius 1 is 1.40 bits per heavy atom. The summed E-state index contributed by atoms with van der Waals surface area (Å²) in [5, 5.41) is 13.4. The van der Waals surface area contributed by atoms with Gasteiger partial charge in [-0.15, -0.1) is 0 Å². The second-order valence-electron chi connectivity index (χ2n) is 5.16. The maximum absolute atomic E-state index is 11.2. The molecule has 0 aliphatic carbocycles. The zero-order chi connectivity index (χ0) is 14.1. The molecule has 1 aliphatic rings. The van der Waals surface area contributed by atoms with Crippen LogP contribution in [0, 0.1) is 0 Å². The molecule has 0 saturated carbocycles. The van der Waals surface area contributed by atoms with Crippen molar-refractivity contribution in [1.29, 1.82) is 0 Å². The Hall–Kier alpha value is -2.14. The third kappa shape index (κ3) is 2.32. The molecule has 20 heavy (non-hydrogen) atoms. The number of aromatic nitrogens is 2. The molecule has 0 radical (unpaired) electrons. The fourth-order valence-corrected chi connectivity index (χ4v) is 2.79. The predicted molar refractivity (Wildman–Crippen MR) is 74.4 cm³/mol. The van der Waals surface area contributed by atoms with Crippen molar-refractivity contribution in [2.24, 2.45) is 7.05 Å². The van der Waals surface area contributed by atoms with E-state index < -0.39 is 5.97 Å². The Balaban J connectivity index is 1.81. The summed E-state index contributed by atoms with van der Waals surface area (Å²) in [4.78, 5) is 13.6. The van der Waals surface area contributed by atoms with Crippen LogP contribution in [-0.4, -0.2) is 32.3 Å². The summed E-state index contributed by atoms with van der Waals surface area (Å²) in [6.07, 6.45) is 2.59. The summed E-state index contributed by atoms with van der Waals surface area (Å²) in [5.74, 6) is -0.832. The smallest absolute Gasteiger partial charge is 0.335 e. The number of aromatic carboxylic acids is 1. The van der Waals surface area contributed by atoms with Gasteiger partial charge in [-0.1, -0.05) is 12.1 Å². The van der Waals surface area contributed by atoms with E-state index in [0.717, 1.165) is 37.2 Å². The first-order valence-corrected chi connectivity index (χ1v) is 6.68. The molecule has 1 aliphatic heterocycles. The molecule has 1 aromatic heterocycles. The van der Waals surface area contributed by atoms with Crippen LogP contribution in [0.15, 0.2) is 30.5 Å². The Labute approximate surface area is 117 Å². The van der Waals surface area contributed by atoms with Crippen molar-refractivity contribution in [3.05, 3.63) is 52.8 Å². The molecule has 0 bridgehead atoms. The van der Waals surface area contributed by atoms with Crippen LogP contribution in [0.5, 0.6) is 0 Å². The fourth-order valence-electron chi connectivity index (χ4n) is 2.79. The van der Waals surface area contributed by atoms with Gasteiger partial charge in [-0.05, 0) is 29.7 Å². The minimum atomic E-state index is -0.832. The van der Waals surface area contributed by atoms with Crippen molar-refractivity contribution in [1.82, 2.24) is 14.7 Å². The molecular formula is C15H17N3O2. The maximum atomic E-state index is 11.2. The maximum Gasteiger partial charge on any atom is 0.335 e. The van der Waals surface area contributed by atoms with E-state index in [4.69, 9.17) is 0 Å². The normalized spacial score (nSPS) is 15.1. The standard InChI is InChI=1S/C15H17N3O2/c1-17-12(5-7-16-17)10-18-8-6-13-11(9-18)3-2-4-14(13)15(19)20/h2-5,7H,6,8-10H2,1H3,(H,19,20). The summed E-state index contributed by atoms with van der Waals surface area (Å²) in [6, 6.07) is 7.56. The molecule has 0 saturated heterocycles. The lowest BCUT2D eigenvalue weighted by Gasteiger charge is -2.29. The average Bonchev–Trinajstić information content (AvgIpc) is 2.83. The first kappa shape index (κ1) is 12.9. The zero-order valence-corrected chi connectivity index (χ0v) is 11.4. The van der Waals surface area contributed by atoms with Crippen molar-refractivity contribution in [3.63, 3.8) is 0 Å². The van der Waals surface area contributed by atoms with Gasteiger partial charge in [-0.3, -0.25) is 9.58 Å². The minimum Gasteiger partial charge on any atom is -0.478 e. The second kappa shape index (κ2) is 5.09. The third-order valence-corrected chi connectivity index (χ3v) is 3.88. The molecule has 5 heteroatoms. The van der Waals surface area contributed by atoms with Crippen LogP contribution in [0.1, 0.15) is 27.2 Å². The molecule has 1 N–H and O–H groups in total. The van der Waals surface area contributed by atoms with Crippen molar-refractivity contribution in [2.45, 2.75) is 19.5 Å². The molecule has 1 aromatic carbocycles. The molecule has 0 fully saturated rings. The molecular weight excluding hydrogens is 254 g/mol. The molecule has 3 rings (SSSR count). The number of hydrogen-bond donors (Lipinski definition) is 1. The lowest BCUT2D eigenvalue weighted by Crippen LogP contribution is -2.31. The number of hydrogen-bond acceptors (Lipinski definition) is 3. The summed E-state index contributed by atoms with van der Waals surface area (Å²) >= 11 is 0. The lowest BCUT2D eigenvalue weighted by molar-refractivity contribution is 0.0694. The van der Waals surface area contributed by atoms with Crippen molar-refractivity contribution < 1.29 is 9.90 Å². The number of carboxylic acids is 1. The van der Waals surface area contributed by atoms with E-state index in [1.807, 2.05) is 29.9 Å². The Bertz CT molecular complexity index is 648. The van der Waals surface area contributed by atoms with Gasteiger partial charge in [0, 0.05) is 32.9 Å². The highest BCUT2D eigenvalue weighted by atomic mass is 16.4. The van der Waals surface area contributed by atoms with Crippen LogP contribution < -0.4 is 0 Å². The minimum absolute atomic E-state index is 0.447. The van der Waals surface area contributed by atoms with Crippen LogP contribution in [0.2, 0.25) is 0 Å². The monoisotopic (exact) mass is 271 g/mol. The number of carbonyl (C=O) groups is 1. The summed E-state index contributed by atoms with van der Waals surface area (Å²) in [5.41, 5.74) is 3.73. The fraction of sp³-hybridized carbons (Fsp3) is 0.333. The van der Waals surface area contributed by atoms with E-state index in [0.29, 0.717) is 5.56 Å². The van der Waals surface area contributed by atoms with Crippen LogP contribution in [0.3, 0.4) is 0 Å². The van der Waals surface area contributed by atoms with Crippen molar-refractivity contribution in [3.8, 4) is 0 Å². The molecule has 0 atom stereocenters. The Morgan fingerprint density at radius 2 is 2.25 bits per heavy atom. The van der Waals surface area contributed by atoms with Gasteiger partial charge in [0.15, 0.2) is 0 Å². The van der Waals surface area contributed by atoms with Gasteiger partial charge in [0.2, 0.25) is 0 Å². The van der Waals surface area contributed by atoms with Crippen LogP contribution in [-0.2, 0) is 26.6 Å². The van der Waals surface area contributed by atoms with Gasteiger partial charge < -0.3 is 5.11 Å². The van der Waals surface area contributed by atoms with E-state index in [-0.39, 0.29) is 0 Å². The number of carboxylic acid groups (broad SMARTS) is 1. The average molecular weight is 271 g/mol. The zero-order valence-electron chi connectivity index (χ0n) is 11.4. The molecule has 104 valence electrons. The van der Waals surface area contributed by atoms with Crippen LogP contribution >= 0.6 is 0 Å². The molecule has 5 nitrogen and oxygen atoms in total. The van der Waals surface area contributed by atoms with Gasteiger partial charge in [0.05, 0.1) is 11.3 Å². The first-order valence-electron chi connectivity index (χ1n) is 6.68. The number of nitrogens with zero attached hydrogens (tertiary/aromatic N) is 3. The van der Waals surface area contributed by atoms with Gasteiger partial charge in [0.25, 0.3) is 0 Å². The summed E-state index contributed by atoms with van der Waals surface area (Å²) < 4.78 is 1.88. The number of benzene rings is 1. The van der Waals surface area contributed by atoms with Crippen LogP contribution in [0.25, 0.3) is 0 Å². The van der Waals surface area contributed by atoms with Gasteiger partial charge in [-0.2, -0.15) is 5.10 Å². The highest BCUT2D eigenvalue weighted by molar-refractivity contribution is 5.89. The predicted octanol–water partition coefficient (Wildman–Crippen LogP) is 1.68. The van der Waals surface area contributed by atoms with Gasteiger partial charge in [0.1, 0.15) is 0 Å². The largest absolute Gasteiger partial charge is 0.478 e. The Kier molecular flexibility index (Phi) is 3.28. The molecule has 0 unspecified atom stereocenters. The van der Waals surface area contributed by atoms with E-state index in [1.54, 1.807) is 12.3 Å². The molecule has 0 spiro atoms. The first-order chi connectivity index (χ1) is 9.65. The SMILES string of the molecule is Cn1nccc1CN1CCc2c(cccc2C(=O)O)C1. The van der Waals surface area contributed by atoms with E-state index in [2.05, 4.69) is 10.00 Å². The van der Waals surface area contributed by atoms with Crippen molar-refractivity contribution in [2.75, 3.05) is 6.54 Å². The van der Waals surface area contributed by atoms with Crippen molar-refractivity contribution >= 4 is 5.97 Å². The number of rotatable bonds is 3. The van der Waals surface area contributed by atoms with E-state index in [1.165, 1.54) is 5.69 Å². The van der Waals surface area contributed by atoms with E-state index in [9.17, 15) is 9.90 Å². The summed E-state index contributed by atoms with van der Waals surface area (Å²) in [6.45, 7) is 2.51. The lowest BCUT2D eigenvalue weighted by atomic mass is 9.94. The number of fused-ring (bicyclic) bond motifs is 1. The number of aryl methyl sites for hydroxylation is 1. The molecule has 0 amide bonds. The van der Waals surface area contributed by atoms with Gasteiger partial charge in [-0.25, -0.2) is 4.79 Å². The quantitative estimate of drug-likeness (QED) is 0.922. The third-order valence-electron chi connectivity index (χ3n) is 3.88. The summed E-state index contributed by atoms with van der Waals surface area (Å²) in [7, 11) is 1.94. The molecule has 2 heterocycles. The molecule has 2 aromatic rings.